The summed E-state index contributed by atoms with van der Waals surface area (Å²) in [7, 11) is 0. The van der Waals surface area contributed by atoms with Crippen LogP contribution >= 0.6 is 11.8 Å². The first-order valence-electron chi connectivity index (χ1n) is 7.83. The first kappa shape index (κ1) is 18.3. The summed E-state index contributed by atoms with van der Waals surface area (Å²) in [5, 5.41) is -0.0992. The van der Waals surface area contributed by atoms with Crippen molar-refractivity contribution in [3.8, 4) is 0 Å². The van der Waals surface area contributed by atoms with Crippen molar-refractivity contribution in [2.45, 2.75) is 30.1 Å². The van der Waals surface area contributed by atoms with Crippen LogP contribution in [-0.2, 0) is 17.5 Å². The largest absolute Gasteiger partial charge is 0.416 e. The Morgan fingerprint density at radius 1 is 1.23 bits per heavy atom. The summed E-state index contributed by atoms with van der Waals surface area (Å²) < 4.78 is 40.8. The lowest BCUT2D eigenvalue weighted by molar-refractivity contribution is -0.137. The Balaban J connectivity index is 2.09. The second-order valence-electron chi connectivity index (χ2n) is 5.83. The highest BCUT2D eigenvalue weighted by Crippen LogP contribution is 2.34. The van der Waals surface area contributed by atoms with Gasteiger partial charge < -0.3 is 10.3 Å². The molecule has 0 fully saturated rings. The van der Waals surface area contributed by atoms with Crippen molar-refractivity contribution >= 4 is 28.7 Å². The minimum Gasteiger partial charge on any atom is -0.369 e. The first-order chi connectivity index (χ1) is 12.3. The van der Waals surface area contributed by atoms with Crippen LogP contribution in [0.4, 0.5) is 13.2 Å². The maximum atomic E-state index is 13.0. The molecule has 0 bridgehead atoms. The van der Waals surface area contributed by atoms with Gasteiger partial charge in [-0.25, -0.2) is 4.98 Å². The molecule has 0 spiro atoms. The number of thioether (sulfide) groups is 1. The van der Waals surface area contributed by atoms with E-state index in [-0.39, 0.29) is 5.52 Å². The van der Waals surface area contributed by atoms with Gasteiger partial charge in [0, 0.05) is 0 Å². The third-order valence-corrected chi connectivity index (χ3v) is 5.02. The van der Waals surface area contributed by atoms with Crippen LogP contribution < -0.4 is 5.73 Å². The fourth-order valence-corrected chi connectivity index (χ4v) is 3.38. The molecule has 3 rings (SSSR count). The number of nitrogens with two attached hydrogens (primary N) is 1. The van der Waals surface area contributed by atoms with Crippen LogP contribution in [0.5, 0.6) is 0 Å². The number of alkyl halides is 3. The Morgan fingerprint density at radius 3 is 2.54 bits per heavy atom. The summed E-state index contributed by atoms with van der Waals surface area (Å²) in [6.45, 7) is 2.07. The third-order valence-electron chi connectivity index (χ3n) is 3.91. The van der Waals surface area contributed by atoms with E-state index in [1.807, 2.05) is 30.3 Å². The molecule has 26 heavy (non-hydrogen) atoms. The standard InChI is InChI=1S/C18H16F3N3OS/c1-11(16(22)25)26-17-23-14-9-13(18(19,20)21)7-8-15(14)24(17)10-12-5-3-2-4-6-12/h2-9,11H,10H2,1H3,(H2,22,25)/t11-/m0/s1. The smallest absolute Gasteiger partial charge is 0.369 e. The minimum atomic E-state index is -4.44. The summed E-state index contributed by atoms with van der Waals surface area (Å²) in [5.41, 5.74) is 6.33. The molecule has 1 aromatic heterocycles. The predicted octanol–water partition coefficient (Wildman–Crippen LogP) is 4.07. The van der Waals surface area contributed by atoms with Crippen molar-refractivity contribution in [1.29, 1.82) is 0 Å². The number of nitrogens with zero attached hydrogens (tertiary/aromatic N) is 2. The normalized spacial score (nSPS) is 13.1. The van der Waals surface area contributed by atoms with Gasteiger partial charge in [0.2, 0.25) is 5.91 Å². The molecular formula is C18H16F3N3OS. The number of benzene rings is 2. The number of aromatic nitrogens is 2. The van der Waals surface area contributed by atoms with E-state index in [9.17, 15) is 18.0 Å². The molecule has 2 aromatic carbocycles. The molecule has 0 aliphatic carbocycles. The van der Waals surface area contributed by atoms with Gasteiger partial charge >= 0.3 is 6.18 Å². The zero-order valence-corrected chi connectivity index (χ0v) is 14.6. The lowest BCUT2D eigenvalue weighted by Crippen LogP contribution is -2.23. The minimum absolute atomic E-state index is 0.231. The van der Waals surface area contributed by atoms with Crippen LogP contribution in [0.15, 0.2) is 53.7 Å². The number of hydrogen-bond acceptors (Lipinski definition) is 3. The van der Waals surface area contributed by atoms with Gasteiger partial charge in [-0.05, 0) is 30.7 Å². The molecule has 1 atom stereocenters. The van der Waals surface area contributed by atoms with Crippen molar-refractivity contribution in [2.24, 2.45) is 5.73 Å². The fourth-order valence-electron chi connectivity index (χ4n) is 2.51. The van der Waals surface area contributed by atoms with Gasteiger partial charge in [0.05, 0.1) is 28.4 Å². The molecule has 0 radical (unpaired) electrons. The van der Waals surface area contributed by atoms with Crippen LogP contribution in [-0.4, -0.2) is 20.7 Å². The van der Waals surface area contributed by atoms with E-state index in [2.05, 4.69) is 4.98 Å². The lowest BCUT2D eigenvalue weighted by Gasteiger charge is -2.11. The van der Waals surface area contributed by atoms with Gasteiger partial charge in [0.25, 0.3) is 0 Å². The SMILES string of the molecule is C[C@H](Sc1nc2cc(C(F)(F)F)ccc2n1Cc1ccccc1)C(N)=O. The number of carbonyl (C=O) groups is 1. The van der Waals surface area contributed by atoms with Crippen molar-refractivity contribution < 1.29 is 18.0 Å². The molecule has 0 saturated carbocycles. The van der Waals surface area contributed by atoms with Crippen molar-refractivity contribution in [2.75, 3.05) is 0 Å². The molecule has 1 amide bonds. The van der Waals surface area contributed by atoms with Gasteiger partial charge in [-0.3, -0.25) is 4.79 Å². The molecular weight excluding hydrogens is 363 g/mol. The van der Waals surface area contributed by atoms with Crippen molar-refractivity contribution in [3.63, 3.8) is 0 Å². The van der Waals surface area contributed by atoms with Gasteiger partial charge in [-0.1, -0.05) is 42.1 Å². The number of amides is 1. The summed E-state index contributed by atoms with van der Waals surface area (Å²) >= 11 is 1.13. The maximum Gasteiger partial charge on any atom is 0.416 e. The van der Waals surface area contributed by atoms with Gasteiger partial charge in [-0.2, -0.15) is 13.2 Å². The molecule has 8 heteroatoms. The molecule has 1 heterocycles. The van der Waals surface area contributed by atoms with E-state index in [1.54, 1.807) is 11.5 Å². The number of rotatable bonds is 5. The van der Waals surface area contributed by atoms with Gasteiger partial charge in [0.15, 0.2) is 5.16 Å². The molecule has 4 nitrogen and oxygen atoms in total. The summed E-state index contributed by atoms with van der Waals surface area (Å²) in [6.07, 6.45) is -4.44. The topological polar surface area (TPSA) is 60.9 Å². The van der Waals surface area contributed by atoms with E-state index in [1.165, 1.54) is 6.07 Å². The zero-order chi connectivity index (χ0) is 18.9. The highest BCUT2D eigenvalue weighted by molar-refractivity contribution is 8.00. The molecule has 0 aliphatic heterocycles. The summed E-state index contributed by atoms with van der Waals surface area (Å²) in [4.78, 5) is 15.7. The van der Waals surface area contributed by atoms with Gasteiger partial charge in [-0.15, -0.1) is 0 Å². The Bertz CT molecular complexity index is 938. The van der Waals surface area contributed by atoms with Crippen molar-refractivity contribution in [1.82, 2.24) is 9.55 Å². The number of carbonyl (C=O) groups excluding carboxylic acids is 1. The second-order valence-corrected chi connectivity index (χ2v) is 7.14. The summed E-state index contributed by atoms with van der Waals surface area (Å²) in [6, 6.07) is 13.0. The van der Waals surface area contributed by atoms with Crippen LogP contribution in [0.25, 0.3) is 11.0 Å². The molecule has 2 N–H and O–H groups in total. The maximum absolute atomic E-state index is 13.0. The first-order valence-corrected chi connectivity index (χ1v) is 8.71. The second kappa shape index (κ2) is 7.03. The van der Waals surface area contributed by atoms with Crippen molar-refractivity contribution in [3.05, 3.63) is 59.7 Å². The van der Waals surface area contributed by atoms with Crippen LogP contribution in [0.1, 0.15) is 18.1 Å². The molecule has 136 valence electrons. The quantitative estimate of drug-likeness (QED) is 0.680. The Labute approximate surface area is 152 Å². The van der Waals surface area contributed by atoms with Crippen LogP contribution in [0.3, 0.4) is 0 Å². The highest BCUT2D eigenvalue weighted by atomic mass is 32.2. The summed E-state index contributed by atoms with van der Waals surface area (Å²) in [5.74, 6) is -0.510. The monoisotopic (exact) mass is 379 g/mol. The molecule has 0 aliphatic rings. The lowest BCUT2D eigenvalue weighted by atomic mass is 10.2. The molecule has 0 saturated heterocycles. The van der Waals surface area contributed by atoms with Gasteiger partial charge in [0.1, 0.15) is 0 Å². The van der Waals surface area contributed by atoms with E-state index < -0.39 is 22.9 Å². The Kier molecular flexibility index (Phi) is 4.95. The number of primary amides is 1. The van der Waals surface area contributed by atoms with E-state index in [4.69, 9.17) is 5.73 Å². The fraction of sp³-hybridized carbons (Fsp3) is 0.222. The zero-order valence-electron chi connectivity index (χ0n) is 13.8. The number of fused-ring (bicyclic) bond motifs is 1. The molecule has 3 aromatic rings. The number of hydrogen-bond donors (Lipinski definition) is 1. The third kappa shape index (κ3) is 3.85. The highest BCUT2D eigenvalue weighted by Gasteiger charge is 2.31. The predicted molar refractivity (Wildman–Crippen MR) is 94.8 cm³/mol. The number of imidazole rings is 1. The Hall–Kier alpha value is -2.48. The van der Waals surface area contributed by atoms with E-state index >= 15 is 0 Å². The molecule has 0 unspecified atom stereocenters. The van der Waals surface area contributed by atoms with Crippen LogP contribution in [0.2, 0.25) is 0 Å². The van der Waals surface area contributed by atoms with Crippen LogP contribution in [0, 0.1) is 0 Å². The van der Waals surface area contributed by atoms with E-state index in [0.29, 0.717) is 17.2 Å². The average molecular weight is 379 g/mol. The Morgan fingerprint density at radius 2 is 1.92 bits per heavy atom. The number of halogens is 3. The average Bonchev–Trinajstić information content (AvgIpc) is 2.91. The van der Waals surface area contributed by atoms with E-state index in [0.717, 1.165) is 29.5 Å².